The van der Waals surface area contributed by atoms with Crippen LogP contribution in [-0.2, 0) is 14.4 Å². The van der Waals surface area contributed by atoms with Crippen LogP contribution in [0, 0.1) is 11.3 Å². The van der Waals surface area contributed by atoms with Crippen molar-refractivity contribution in [1.82, 2.24) is 4.90 Å². The molecule has 0 bridgehead atoms. The highest BCUT2D eigenvalue weighted by Gasteiger charge is 2.55. The molecule has 0 aromatic heterocycles. The normalized spacial score (nSPS) is 26.2. The van der Waals surface area contributed by atoms with Crippen LogP contribution < -0.4 is 0 Å². The minimum Gasteiger partial charge on any atom is -0.481 e. The maximum atomic E-state index is 14.0. The summed E-state index contributed by atoms with van der Waals surface area (Å²) >= 11 is 12.5. The average molecular weight is 488 g/mol. The van der Waals surface area contributed by atoms with Gasteiger partial charge in [0, 0.05) is 16.0 Å². The van der Waals surface area contributed by atoms with Gasteiger partial charge in [0.2, 0.25) is 5.91 Å². The molecule has 0 spiro atoms. The number of ketones is 1. The molecule has 1 aliphatic carbocycles. The van der Waals surface area contributed by atoms with E-state index in [2.05, 4.69) is 0 Å². The number of likely N-dealkylation sites (tertiary alicyclic amines) is 1. The number of hydrogen-bond acceptors (Lipinski definition) is 3. The molecule has 1 amide bonds. The lowest BCUT2D eigenvalue weighted by Gasteiger charge is -2.51. The molecule has 1 saturated heterocycles. The van der Waals surface area contributed by atoms with Crippen LogP contribution in [0.1, 0.15) is 62.6 Å². The molecule has 4 atom stereocenters. The first kappa shape index (κ1) is 23.8. The third-order valence-electron chi connectivity index (χ3n) is 6.92. The van der Waals surface area contributed by atoms with E-state index in [1.165, 1.54) is 6.92 Å². The minimum absolute atomic E-state index is 0.0748. The minimum atomic E-state index is -1.15. The number of halogens is 2. The summed E-state index contributed by atoms with van der Waals surface area (Å²) in [7, 11) is 0. The van der Waals surface area contributed by atoms with E-state index < -0.39 is 23.5 Å². The predicted octanol–water partition coefficient (Wildman–Crippen LogP) is 5.90. The summed E-state index contributed by atoms with van der Waals surface area (Å²) in [4.78, 5) is 40.4. The summed E-state index contributed by atoms with van der Waals surface area (Å²) in [5.41, 5.74) is 0.626. The molecule has 1 saturated carbocycles. The molecule has 1 heterocycles. The molecule has 1 aliphatic heterocycles. The Morgan fingerprint density at radius 1 is 1.09 bits per heavy atom. The topological polar surface area (TPSA) is 74.7 Å². The Bertz CT molecular complexity index is 1080. The fraction of sp³-hybridized carbons (Fsp3) is 0.423. The van der Waals surface area contributed by atoms with E-state index >= 15 is 0 Å². The van der Waals surface area contributed by atoms with Gasteiger partial charge in [-0.2, -0.15) is 0 Å². The summed E-state index contributed by atoms with van der Waals surface area (Å²) < 4.78 is 0. The first-order valence-electron chi connectivity index (χ1n) is 11.2. The van der Waals surface area contributed by atoms with Crippen LogP contribution in [0.5, 0.6) is 0 Å². The summed E-state index contributed by atoms with van der Waals surface area (Å²) in [5.74, 6) is -1.54. The zero-order valence-corrected chi connectivity index (χ0v) is 20.1. The number of carboxylic acids is 1. The lowest BCUT2D eigenvalue weighted by Crippen LogP contribution is -2.58. The molecule has 2 aliphatic rings. The number of benzene rings is 2. The lowest BCUT2D eigenvalue weighted by molar-refractivity contribution is -0.163. The number of rotatable bonds is 7. The number of piperidine rings is 1. The number of hydrogen-bond donors (Lipinski definition) is 1. The third kappa shape index (κ3) is 4.80. The number of aliphatic carboxylic acids is 1. The molecule has 4 rings (SSSR count). The third-order valence-corrected chi connectivity index (χ3v) is 7.40. The van der Waals surface area contributed by atoms with E-state index in [1.54, 1.807) is 30.0 Å². The summed E-state index contributed by atoms with van der Waals surface area (Å²) in [6.07, 6.45) is 1.78. The fourth-order valence-electron chi connectivity index (χ4n) is 5.35. The maximum Gasteiger partial charge on any atom is 0.304 e. The van der Waals surface area contributed by atoms with Gasteiger partial charge < -0.3 is 10.0 Å². The second kappa shape index (κ2) is 9.11. The maximum absolute atomic E-state index is 14.0. The Balaban J connectivity index is 1.93. The Morgan fingerprint density at radius 3 is 2.30 bits per heavy atom. The van der Waals surface area contributed by atoms with Crippen molar-refractivity contribution < 1.29 is 19.5 Å². The first-order valence-corrected chi connectivity index (χ1v) is 11.9. The molecule has 2 aromatic carbocycles. The molecule has 2 unspecified atom stereocenters. The van der Waals surface area contributed by atoms with E-state index in [4.69, 9.17) is 23.2 Å². The smallest absolute Gasteiger partial charge is 0.304 e. The van der Waals surface area contributed by atoms with Crippen molar-refractivity contribution in [2.24, 2.45) is 11.3 Å². The molecule has 0 radical (unpaired) electrons. The largest absolute Gasteiger partial charge is 0.481 e. The molecule has 2 aromatic rings. The van der Waals surface area contributed by atoms with Crippen LogP contribution in [0.3, 0.4) is 0 Å². The van der Waals surface area contributed by atoms with Gasteiger partial charge in [0.15, 0.2) is 5.78 Å². The van der Waals surface area contributed by atoms with Crippen molar-refractivity contribution in [2.45, 2.75) is 57.5 Å². The highest BCUT2D eigenvalue weighted by molar-refractivity contribution is 6.30. The number of nitrogens with zero attached hydrogens (tertiary/aromatic N) is 1. The molecule has 174 valence electrons. The Kier molecular flexibility index (Phi) is 6.56. The Morgan fingerprint density at radius 2 is 1.76 bits per heavy atom. The van der Waals surface area contributed by atoms with E-state index in [-0.39, 0.29) is 29.9 Å². The van der Waals surface area contributed by atoms with Crippen LogP contribution in [-0.4, -0.2) is 33.7 Å². The molecule has 33 heavy (non-hydrogen) atoms. The highest BCUT2D eigenvalue weighted by atomic mass is 35.5. The number of carbonyl (C=O) groups excluding carboxylic acids is 2. The van der Waals surface area contributed by atoms with Crippen molar-refractivity contribution in [3.8, 4) is 0 Å². The standard InChI is InChI=1S/C26H27Cl2NO4/c1-15(30)23(16-6-7-16)29-24(17-8-10-19(27)11-9-17)21(18-4-3-5-20(28)12-18)13-26(2,25(29)33)14-22(31)32/h3-5,8-12,16,21,23-24H,6-7,13-14H2,1-2H3,(H,31,32)/t21?,23?,24-,26-/m1/s1. The number of amides is 1. The van der Waals surface area contributed by atoms with Gasteiger partial charge in [-0.3, -0.25) is 14.4 Å². The van der Waals surface area contributed by atoms with Crippen LogP contribution in [0.15, 0.2) is 48.5 Å². The van der Waals surface area contributed by atoms with Crippen molar-refractivity contribution in [3.63, 3.8) is 0 Å². The van der Waals surface area contributed by atoms with Gasteiger partial charge >= 0.3 is 5.97 Å². The van der Waals surface area contributed by atoms with E-state index in [1.807, 2.05) is 30.3 Å². The zero-order chi connectivity index (χ0) is 23.9. The lowest BCUT2D eigenvalue weighted by atomic mass is 9.66. The fourth-order valence-corrected chi connectivity index (χ4v) is 5.68. The van der Waals surface area contributed by atoms with Gasteiger partial charge in [0.25, 0.3) is 0 Å². The van der Waals surface area contributed by atoms with Crippen LogP contribution in [0.25, 0.3) is 0 Å². The van der Waals surface area contributed by atoms with Crippen molar-refractivity contribution in [2.75, 3.05) is 0 Å². The summed E-state index contributed by atoms with van der Waals surface area (Å²) in [6.45, 7) is 3.23. The number of carbonyl (C=O) groups is 3. The second-order valence-electron chi connectivity index (χ2n) is 9.60. The monoisotopic (exact) mass is 487 g/mol. The van der Waals surface area contributed by atoms with Gasteiger partial charge in [-0.05, 0) is 67.5 Å². The van der Waals surface area contributed by atoms with Crippen molar-refractivity contribution in [3.05, 3.63) is 69.7 Å². The molecular weight excluding hydrogens is 461 g/mol. The first-order chi connectivity index (χ1) is 15.6. The van der Waals surface area contributed by atoms with E-state index in [0.29, 0.717) is 16.5 Å². The van der Waals surface area contributed by atoms with Crippen LogP contribution in [0.4, 0.5) is 0 Å². The summed E-state index contributed by atoms with van der Waals surface area (Å²) in [6, 6.07) is 13.8. The van der Waals surface area contributed by atoms with Crippen molar-refractivity contribution >= 4 is 40.9 Å². The van der Waals surface area contributed by atoms with E-state index in [9.17, 15) is 19.5 Å². The second-order valence-corrected chi connectivity index (χ2v) is 10.5. The van der Waals surface area contributed by atoms with Gasteiger partial charge in [-0.1, -0.05) is 54.4 Å². The highest BCUT2D eigenvalue weighted by Crippen LogP contribution is 2.54. The van der Waals surface area contributed by atoms with Gasteiger partial charge in [0.1, 0.15) is 0 Å². The molecular formula is C26H27Cl2NO4. The van der Waals surface area contributed by atoms with Gasteiger partial charge in [0.05, 0.1) is 23.9 Å². The van der Waals surface area contributed by atoms with Crippen molar-refractivity contribution in [1.29, 1.82) is 0 Å². The van der Waals surface area contributed by atoms with Crippen LogP contribution in [0.2, 0.25) is 10.0 Å². The SMILES string of the molecule is CC(=O)C(C1CC1)N1C(=O)[C@@](C)(CC(=O)O)CC(c2cccc(Cl)c2)[C@H]1c1ccc(Cl)cc1. The zero-order valence-electron chi connectivity index (χ0n) is 18.6. The Hall–Kier alpha value is -2.37. The molecule has 7 heteroatoms. The molecule has 5 nitrogen and oxygen atoms in total. The molecule has 1 N–H and O–H groups in total. The predicted molar refractivity (Wildman–Crippen MR) is 127 cm³/mol. The quantitative estimate of drug-likeness (QED) is 0.527. The van der Waals surface area contributed by atoms with Crippen LogP contribution >= 0.6 is 23.2 Å². The number of Topliss-reactive ketones (excluding diaryl/α,β-unsaturated/α-hetero) is 1. The molecule has 2 fully saturated rings. The van der Waals surface area contributed by atoms with E-state index in [0.717, 1.165) is 24.0 Å². The van der Waals surface area contributed by atoms with Gasteiger partial charge in [-0.15, -0.1) is 0 Å². The van der Waals surface area contributed by atoms with Gasteiger partial charge in [-0.25, -0.2) is 0 Å². The number of carboxylic acid groups (broad SMARTS) is 1. The average Bonchev–Trinajstić information content (AvgIpc) is 3.56. The Labute approximate surface area is 203 Å². The summed E-state index contributed by atoms with van der Waals surface area (Å²) in [5, 5.41) is 10.8.